The third-order valence-corrected chi connectivity index (χ3v) is 6.12. The van der Waals surface area contributed by atoms with Crippen LogP contribution in [0.15, 0.2) is 60.8 Å². The van der Waals surface area contributed by atoms with Crippen LogP contribution < -0.4 is 10.1 Å². The molecule has 3 aromatic rings. The number of ether oxygens (including phenoxy) is 1. The van der Waals surface area contributed by atoms with Gasteiger partial charge < -0.3 is 14.6 Å². The second-order valence-corrected chi connectivity index (χ2v) is 9.67. The molecule has 0 saturated carbocycles. The van der Waals surface area contributed by atoms with Gasteiger partial charge in [-0.1, -0.05) is 29.3 Å². The lowest BCUT2D eigenvalue weighted by molar-refractivity contribution is 0.102. The van der Waals surface area contributed by atoms with Gasteiger partial charge >= 0.3 is 6.09 Å². The van der Waals surface area contributed by atoms with Crippen LogP contribution in [0.25, 0.3) is 11.3 Å². The number of anilines is 1. The van der Waals surface area contributed by atoms with Crippen molar-refractivity contribution in [2.75, 3.05) is 5.32 Å². The summed E-state index contributed by atoms with van der Waals surface area (Å²) in [5.41, 5.74) is 0.861. The number of hydrogen-bond donors (Lipinski definition) is 1. The Morgan fingerprint density at radius 2 is 1.79 bits per heavy atom. The summed E-state index contributed by atoms with van der Waals surface area (Å²) in [6.45, 7) is 4.63. The molecule has 0 bridgehead atoms. The van der Waals surface area contributed by atoms with E-state index in [1.54, 1.807) is 57.3 Å². The molecule has 0 saturated heterocycles. The number of aromatic nitrogens is 1. The molecule has 1 atom stereocenters. The van der Waals surface area contributed by atoms with Crippen LogP contribution in [-0.2, 0) is 11.3 Å². The molecular weight excluding hydrogens is 501 g/mol. The SMILES string of the molecule is CC(C)(C)N(C(=O)Oc1ccc(C(=O)Nc2ccc(Cl)c(-c3ccccn3)c2)c(Cl)c1)S(=O)[O-]. The van der Waals surface area contributed by atoms with Gasteiger partial charge in [-0.3, -0.25) is 14.0 Å². The van der Waals surface area contributed by atoms with Crippen molar-refractivity contribution in [1.29, 1.82) is 0 Å². The number of rotatable bonds is 5. The highest BCUT2D eigenvalue weighted by Gasteiger charge is 2.29. The molecule has 1 heterocycles. The second-order valence-electron chi connectivity index (χ2n) is 8.06. The molecule has 1 aromatic heterocycles. The zero-order valence-electron chi connectivity index (χ0n) is 18.4. The van der Waals surface area contributed by atoms with Gasteiger partial charge in [0, 0.05) is 23.5 Å². The molecule has 2 amide bonds. The first kappa shape index (κ1) is 25.6. The summed E-state index contributed by atoms with van der Waals surface area (Å²) in [5.74, 6) is -0.524. The van der Waals surface area contributed by atoms with Crippen LogP contribution in [0.2, 0.25) is 10.0 Å². The molecule has 0 aliphatic rings. The van der Waals surface area contributed by atoms with Crippen LogP contribution in [0, 0.1) is 0 Å². The van der Waals surface area contributed by atoms with Crippen LogP contribution >= 0.6 is 23.2 Å². The van der Waals surface area contributed by atoms with Gasteiger partial charge in [-0.05, 0) is 63.2 Å². The second kappa shape index (κ2) is 10.5. The summed E-state index contributed by atoms with van der Waals surface area (Å²) >= 11 is 9.68. The third-order valence-electron chi connectivity index (χ3n) is 4.48. The van der Waals surface area contributed by atoms with Crippen molar-refractivity contribution >= 4 is 52.2 Å². The number of amides is 2. The molecule has 1 unspecified atom stereocenters. The Labute approximate surface area is 209 Å². The lowest BCUT2D eigenvalue weighted by Crippen LogP contribution is -2.47. The van der Waals surface area contributed by atoms with Crippen molar-refractivity contribution in [3.63, 3.8) is 0 Å². The zero-order valence-corrected chi connectivity index (χ0v) is 20.7. The van der Waals surface area contributed by atoms with Gasteiger partial charge in [0.25, 0.3) is 5.91 Å². The fraction of sp³-hybridized carbons (Fsp3) is 0.174. The molecule has 2 aromatic carbocycles. The largest absolute Gasteiger partial charge is 0.755 e. The van der Waals surface area contributed by atoms with E-state index < -0.39 is 28.8 Å². The number of nitrogens with zero attached hydrogens (tertiary/aromatic N) is 2. The minimum atomic E-state index is -2.84. The Morgan fingerprint density at radius 3 is 2.38 bits per heavy atom. The maximum Gasteiger partial charge on any atom is 0.426 e. The number of nitrogens with one attached hydrogen (secondary N) is 1. The molecule has 178 valence electrons. The van der Waals surface area contributed by atoms with Crippen molar-refractivity contribution in [2.24, 2.45) is 0 Å². The van der Waals surface area contributed by atoms with E-state index in [1.807, 2.05) is 6.07 Å². The van der Waals surface area contributed by atoms with Gasteiger partial charge in [0.15, 0.2) is 0 Å². The number of halogens is 2. The molecular formula is C23H20Cl2N3O5S-. The topological polar surface area (TPSA) is 112 Å². The molecule has 8 nitrogen and oxygen atoms in total. The fourth-order valence-electron chi connectivity index (χ4n) is 2.96. The van der Waals surface area contributed by atoms with Crippen LogP contribution in [0.5, 0.6) is 5.75 Å². The zero-order chi connectivity index (χ0) is 25.0. The average Bonchev–Trinajstić information content (AvgIpc) is 2.74. The van der Waals surface area contributed by atoms with Gasteiger partial charge in [-0.25, -0.2) is 9.10 Å². The highest BCUT2D eigenvalue weighted by Crippen LogP contribution is 2.30. The maximum absolute atomic E-state index is 12.8. The van der Waals surface area contributed by atoms with Gasteiger partial charge in [-0.2, -0.15) is 0 Å². The summed E-state index contributed by atoms with van der Waals surface area (Å²) < 4.78 is 28.6. The van der Waals surface area contributed by atoms with E-state index in [1.165, 1.54) is 18.2 Å². The van der Waals surface area contributed by atoms with Crippen molar-refractivity contribution < 1.29 is 23.1 Å². The van der Waals surface area contributed by atoms with Crippen LogP contribution in [0.1, 0.15) is 31.1 Å². The number of carbonyl (C=O) groups is 2. The number of carbonyl (C=O) groups excluding carboxylic acids is 2. The van der Waals surface area contributed by atoms with Gasteiger partial charge in [0.05, 0.1) is 38.1 Å². The van der Waals surface area contributed by atoms with E-state index in [0.717, 1.165) is 0 Å². The number of hydrogen-bond acceptors (Lipinski definition) is 6. The van der Waals surface area contributed by atoms with Crippen molar-refractivity contribution in [3.8, 4) is 17.0 Å². The lowest BCUT2D eigenvalue weighted by atomic mass is 10.1. The predicted octanol–water partition coefficient (Wildman–Crippen LogP) is 5.70. The van der Waals surface area contributed by atoms with Crippen molar-refractivity contribution in [2.45, 2.75) is 26.3 Å². The Hall–Kier alpha value is -2.98. The van der Waals surface area contributed by atoms with Crippen LogP contribution in [0.3, 0.4) is 0 Å². The molecule has 1 N–H and O–H groups in total. The average molecular weight is 521 g/mol. The van der Waals surface area contributed by atoms with E-state index in [4.69, 9.17) is 27.9 Å². The standard InChI is InChI=1S/C23H21Cl2N3O5S/c1-23(2,3)28(34(31)32)22(30)33-15-8-9-16(19(25)13-15)21(29)27-14-7-10-18(24)17(12-14)20-6-4-5-11-26-20/h4-13H,1-3H3,(H,27,29)(H,31,32)/p-1. The van der Waals surface area contributed by atoms with Gasteiger partial charge in [0.1, 0.15) is 5.75 Å². The maximum atomic E-state index is 12.8. The molecule has 3 rings (SSSR count). The van der Waals surface area contributed by atoms with E-state index in [0.29, 0.717) is 26.3 Å². The Kier molecular flexibility index (Phi) is 7.93. The third kappa shape index (κ3) is 6.12. The number of pyridine rings is 1. The lowest BCUT2D eigenvalue weighted by Gasteiger charge is -2.35. The minimum absolute atomic E-state index is 0.00673. The summed E-state index contributed by atoms with van der Waals surface area (Å²) in [6.07, 6.45) is 0.540. The first-order chi connectivity index (χ1) is 16.0. The number of benzene rings is 2. The first-order valence-electron chi connectivity index (χ1n) is 9.90. The highest BCUT2D eigenvalue weighted by atomic mass is 35.5. The van der Waals surface area contributed by atoms with Gasteiger partial charge in [0.2, 0.25) is 0 Å². The van der Waals surface area contributed by atoms with Gasteiger partial charge in [-0.15, -0.1) is 0 Å². The summed E-state index contributed by atoms with van der Waals surface area (Å²) in [4.78, 5) is 29.4. The van der Waals surface area contributed by atoms with Crippen LogP contribution in [0.4, 0.5) is 10.5 Å². The normalized spacial score (nSPS) is 12.1. The Balaban J connectivity index is 1.77. The summed E-state index contributed by atoms with van der Waals surface area (Å²) in [6, 6.07) is 14.3. The quantitative estimate of drug-likeness (QED) is 0.431. The highest BCUT2D eigenvalue weighted by molar-refractivity contribution is 7.77. The summed E-state index contributed by atoms with van der Waals surface area (Å²) in [5, 5.41) is 3.23. The molecule has 34 heavy (non-hydrogen) atoms. The van der Waals surface area contributed by atoms with Crippen LogP contribution in [-0.4, -0.2) is 35.6 Å². The molecule has 11 heteroatoms. The van der Waals surface area contributed by atoms with Crippen molar-refractivity contribution in [1.82, 2.24) is 9.29 Å². The minimum Gasteiger partial charge on any atom is -0.755 e. The monoisotopic (exact) mass is 520 g/mol. The Morgan fingerprint density at radius 1 is 1.06 bits per heavy atom. The van der Waals surface area contributed by atoms with E-state index in [-0.39, 0.29) is 16.3 Å². The molecule has 0 radical (unpaired) electrons. The smallest absolute Gasteiger partial charge is 0.426 e. The first-order valence-corrected chi connectivity index (χ1v) is 11.7. The molecule has 0 spiro atoms. The van der Waals surface area contributed by atoms with Crippen molar-refractivity contribution in [3.05, 3.63) is 76.4 Å². The predicted molar refractivity (Wildman–Crippen MR) is 131 cm³/mol. The molecule has 0 fully saturated rings. The van der Waals surface area contributed by atoms with E-state index in [9.17, 15) is 18.4 Å². The fourth-order valence-corrected chi connectivity index (χ4v) is 4.04. The van der Waals surface area contributed by atoms with E-state index in [2.05, 4.69) is 10.3 Å². The molecule has 0 aliphatic heterocycles. The van der Waals surface area contributed by atoms with E-state index >= 15 is 0 Å². The molecule has 0 aliphatic carbocycles. The summed E-state index contributed by atoms with van der Waals surface area (Å²) in [7, 11) is 0. The Bertz CT molecular complexity index is 1250.